The van der Waals surface area contributed by atoms with Crippen molar-refractivity contribution in [3.05, 3.63) is 28.8 Å². The van der Waals surface area contributed by atoms with Crippen molar-refractivity contribution >= 4 is 23.6 Å². The predicted molar refractivity (Wildman–Crippen MR) is 124 cm³/mol. The first-order valence-corrected chi connectivity index (χ1v) is 11.6. The van der Waals surface area contributed by atoms with E-state index in [2.05, 4.69) is 10.1 Å². The Bertz CT molecular complexity index is 811. The Morgan fingerprint density at radius 1 is 1.11 bits per heavy atom. The van der Waals surface area contributed by atoms with Crippen LogP contribution in [0.4, 0.5) is 18.0 Å². The molecule has 200 valence electrons. The molecule has 0 aliphatic heterocycles. The molecule has 0 bridgehead atoms. The van der Waals surface area contributed by atoms with Gasteiger partial charge in [-0.05, 0) is 52.3 Å². The summed E-state index contributed by atoms with van der Waals surface area (Å²) >= 11 is 5.92. The van der Waals surface area contributed by atoms with Crippen molar-refractivity contribution in [2.45, 2.75) is 72.3 Å². The Morgan fingerprint density at radius 2 is 1.74 bits per heavy atom. The van der Waals surface area contributed by atoms with Gasteiger partial charge in [0.05, 0.1) is 5.02 Å². The minimum absolute atomic E-state index is 0.0134. The molecule has 0 saturated carbocycles. The first kappa shape index (κ1) is 30.8. The van der Waals surface area contributed by atoms with Crippen LogP contribution in [0.3, 0.4) is 0 Å². The number of amides is 2. The third-order valence-electron chi connectivity index (χ3n) is 4.26. The van der Waals surface area contributed by atoms with Crippen molar-refractivity contribution in [2.75, 3.05) is 26.3 Å². The van der Waals surface area contributed by atoms with Gasteiger partial charge in [-0.15, -0.1) is 13.2 Å². The second-order valence-electron chi connectivity index (χ2n) is 8.44. The van der Waals surface area contributed by atoms with Crippen LogP contribution in [0, 0.1) is 0 Å². The Morgan fingerprint density at radius 3 is 2.26 bits per heavy atom. The van der Waals surface area contributed by atoms with Gasteiger partial charge in [0.2, 0.25) is 5.91 Å². The third kappa shape index (κ3) is 13.4. The lowest BCUT2D eigenvalue weighted by atomic mass is 10.2. The van der Waals surface area contributed by atoms with Gasteiger partial charge in [-0.1, -0.05) is 17.7 Å². The summed E-state index contributed by atoms with van der Waals surface area (Å²) in [4.78, 5) is 26.3. The van der Waals surface area contributed by atoms with Crippen LogP contribution in [0.2, 0.25) is 5.02 Å². The molecule has 1 aromatic carbocycles. The summed E-state index contributed by atoms with van der Waals surface area (Å²) < 4.78 is 57.6. The van der Waals surface area contributed by atoms with Gasteiger partial charge < -0.3 is 29.2 Å². The molecule has 1 rings (SSSR count). The Hall–Kier alpha value is -2.24. The highest BCUT2D eigenvalue weighted by Gasteiger charge is 2.32. The Labute approximate surface area is 209 Å². The summed E-state index contributed by atoms with van der Waals surface area (Å²) in [5, 5.41) is 2.49. The second-order valence-corrected chi connectivity index (χ2v) is 8.85. The van der Waals surface area contributed by atoms with Crippen molar-refractivity contribution in [3.8, 4) is 5.75 Å². The molecule has 0 saturated heterocycles. The smallest absolute Gasteiger partial charge is 0.444 e. The largest absolute Gasteiger partial charge is 0.573 e. The van der Waals surface area contributed by atoms with Gasteiger partial charge >= 0.3 is 12.5 Å². The van der Waals surface area contributed by atoms with Crippen LogP contribution >= 0.6 is 11.6 Å². The fourth-order valence-electron chi connectivity index (χ4n) is 2.87. The van der Waals surface area contributed by atoms with Gasteiger partial charge in [0.1, 0.15) is 11.4 Å². The lowest BCUT2D eigenvalue weighted by molar-refractivity contribution is -0.274. The third-order valence-corrected chi connectivity index (χ3v) is 4.56. The quantitative estimate of drug-likeness (QED) is 0.352. The molecule has 0 aliphatic rings. The van der Waals surface area contributed by atoms with Crippen LogP contribution < -0.4 is 10.1 Å². The molecule has 0 heterocycles. The molecule has 0 radical (unpaired) electrons. The minimum atomic E-state index is -4.88. The monoisotopic (exact) mass is 526 g/mol. The summed E-state index contributed by atoms with van der Waals surface area (Å²) in [5.74, 6) is -0.846. The number of carbonyl (C=O) groups excluding carboxylic acids is 2. The number of hydrogen-bond donors (Lipinski definition) is 1. The number of benzene rings is 1. The van der Waals surface area contributed by atoms with Crippen molar-refractivity contribution in [1.82, 2.24) is 10.2 Å². The lowest BCUT2D eigenvalue weighted by Gasteiger charge is -2.27. The molecule has 0 aromatic heterocycles. The number of nitrogens with zero attached hydrogens (tertiary/aromatic N) is 1. The molecule has 12 heteroatoms. The van der Waals surface area contributed by atoms with E-state index in [0.29, 0.717) is 31.7 Å². The molecule has 0 atom stereocenters. The van der Waals surface area contributed by atoms with Crippen LogP contribution in [0.15, 0.2) is 18.2 Å². The zero-order valence-corrected chi connectivity index (χ0v) is 21.4. The van der Waals surface area contributed by atoms with Gasteiger partial charge in [-0.25, -0.2) is 4.79 Å². The van der Waals surface area contributed by atoms with Gasteiger partial charge in [-0.2, -0.15) is 0 Å². The maximum Gasteiger partial charge on any atom is 0.573 e. The van der Waals surface area contributed by atoms with Crippen molar-refractivity contribution in [2.24, 2.45) is 0 Å². The predicted octanol–water partition coefficient (Wildman–Crippen LogP) is 5.27. The van der Waals surface area contributed by atoms with Crippen LogP contribution in [-0.2, 0) is 25.5 Å². The normalized spacial score (nSPS) is 11.9. The van der Waals surface area contributed by atoms with Gasteiger partial charge in [-0.3, -0.25) is 4.79 Å². The molecule has 0 unspecified atom stereocenters. The van der Waals surface area contributed by atoms with E-state index < -0.39 is 30.1 Å². The van der Waals surface area contributed by atoms with Gasteiger partial charge in [0.25, 0.3) is 0 Å². The summed E-state index contributed by atoms with van der Waals surface area (Å²) in [5.41, 5.74) is -0.347. The summed E-state index contributed by atoms with van der Waals surface area (Å²) in [6, 6.07) is 3.69. The van der Waals surface area contributed by atoms with Gasteiger partial charge in [0.15, 0.2) is 6.29 Å². The van der Waals surface area contributed by atoms with Crippen molar-refractivity contribution in [1.29, 1.82) is 0 Å². The molecular weight excluding hydrogens is 493 g/mol. The van der Waals surface area contributed by atoms with E-state index in [1.54, 1.807) is 20.8 Å². The molecule has 8 nitrogen and oxygen atoms in total. The zero-order valence-electron chi connectivity index (χ0n) is 20.7. The zero-order chi connectivity index (χ0) is 26.6. The van der Waals surface area contributed by atoms with Crippen LogP contribution in [0.25, 0.3) is 0 Å². The van der Waals surface area contributed by atoms with E-state index in [1.165, 1.54) is 17.0 Å². The van der Waals surface area contributed by atoms with Crippen molar-refractivity contribution < 1.29 is 41.7 Å². The lowest BCUT2D eigenvalue weighted by Crippen LogP contribution is -2.39. The highest BCUT2D eigenvalue weighted by molar-refractivity contribution is 6.32. The Kier molecular flexibility index (Phi) is 12.6. The number of alkyl halides is 3. The number of carbonyl (C=O) groups is 2. The first-order chi connectivity index (χ1) is 16.2. The van der Waals surface area contributed by atoms with E-state index in [4.69, 9.17) is 25.8 Å². The first-order valence-electron chi connectivity index (χ1n) is 11.3. The second kappa shape index (κ2) is 14.4. The molecule has 0 fully saturated rings. The number of ether oxygens (including phenoxy) is 4. The topological polar surface area (TPSA) is 86.3 Å². The molecule has 1 aromatic rings. The summed E-state index contributed by atoms with van der Waals surface area (Å²) in [6.45, 7) is 10.1. The fourth-order valence-corrected chi connectivity index (χ4v) is 3.11. The van der Waals surface area contributed by atoms with Crippen LogP contribution in [0.5, 0.6) is 5.75 Å². The van der Waals surface area contributed by atoms with Gasteiger partial charge in [0, 0.05) is 45.7 Å². The Balaban J connectivity index is 2.79. The van der Waals surface area contributed by atoms with E-state index >= 15 is 0 Å². The molecule has 35 heavy (non-hydrogen) atoms. The maximum absolute atomic E-state index is 12.7. The summed E-state index contributed by atoms with van der Waals surface area (Å²) in [7, 11) is 0. The average molecular weight is 527 g/mol. The highest BCUT2D eigenvalue weighted by Crippen LogP contribution is 2.31. The van der Waals surface area contributed by atoms with Crippen LogP contribution in [-0.4, -0.2) is 61.5 Å². The number of nitrogens with one attached hydrogen (secondary N) is 1. The number of hydrogen-bond acceptors (Lipinski definition) is 6. The van der Waals surface area contributed by atoms with E-state index in [-0.39, 0.29) is 30.4 Å². The number of rotatable bonds is 13. The van der Waals surface area contributed by atoms with Crippen molar-refractivity contribution in [3.63, 3.8) is 0 Å². The average Bonchev–Trinajstić information content (AvgIpc) is 2.71. The summed E-state index contributed by atoms with van der Waals surface area (Å²) in [6.07, 6.45) is -5.53. The molecule has 2 amide bonds. The number of halogens is 4. The SMILES string of the molecule is CCOC(CCNC(=O)CCN(Cc1ccc(OC(F)(F)F)c(Cl)c1)C(=O)OC(C)(C)C)OCC. The van der Waals surface area contributed by atoms with E-state index in [0.717, 1.165) is 6.07 Å². The molecular formula is C23H34ClF3N2O6. The maximum atomic E-state index is 12.7. The fraction of sp³-hybridized carbons (Fsp3) is 0.652. The molecule has 0 aliphatic carbocycles. The molecule has 0 spiro atoms. The molecule has 1 N–H and O–H groups in total. The van der Waals surface area contributed by atoms with E-state index in [9.17, 15) is 22.8 Å². The van der Waals surface area contributed by atoms with Crippen LogP contribution in [0.1, 0.15) is 53.0 Å². The minimum Gasteiger partial charge on any atom is -0.444 e. The highest BCUT2D eigenvalue weighted by atomic mass is 35.5. The van der Waals surface area contributed by atoms with E-state index in [1.807, 2.05) is 13.8 Å². The standard InChI is InChI=1S/C23H34ClF3N2O6/c1-6-32-20(33-7-2)10-12-28-19(30)11-13-29(21(31)35-22(3,4)5)15-16-8-9-18(17(24)14-16)34-23(25,26)27/h8-9,14,20H,6-7,10-13,15H2,1-5H3,(H,28,30).